The number of carbonyl (C=O) groups excluding carboxylic acids is 2. The summed E-state index contributed by atoms with van der Waals surface area (Å²) in [7, 11) is 5.97. The molecule has 0 aromatic heterocycles. The molecule has 0 aromatic carbocycles. The fraction of sp³-hybridized carbons (Fsp3) is 0.787. The summed E-state index contributed by atoms with van der Waals surface area (Å²) >= 11 is 0. The standard InChI is InChI=1S/C61H109NO8/c1-6-8-10-12-14-16-18-20-22-24-25-26-27-28-29-30-31-32-33-34-35-36-38-40-42-44-46-48-50-52-59(64)70-57(56-69-61(60(65)66)67-54-53-62(3,4)5)55-68-58(63)51-49-47-45-43-41-39-37-23-21-19-17-15-13-11-9-7-2/h8,10,14,16,20,22,25-26,28-29,57,61H,6-7,9,11-13,15,17-19,21,23-24,27,30-56H2,1-5H3/p+1/b10-8-,16-14-,22-20-,26-25-,29-28-. The molecular formula is C61H110NO8+. The van der Waals surface area contributed by atoms with E-state index in [2.05, 4.69) is 74.6 Å². The molecule has 0 aromatic rings. The van der Waals surface area contributed by atoms with Gasteiger partial charge in [-0.3, -0.25) is 9.59 Å². The van der Waals surface area contributed by atoms with E-state index in [0.717, 1.165) is 70.6 Å². The molecule has 9 heteroatoms. The van der Waals surface area contributed by atoms with Crippen LogP contribution in [0.4, 0.5) is 0 Å². The first-order valence-electron chi connectivity index (χ1n) is 29.0. The SMILES string of the molecule is CC/C=C\C/C=C\C/C=C\C/C=C\C/C=C\CCCCCCCCCCCCCCCC(=O)OC(COC(=O)CCCCCCCCCCCCCCCCCC)COC(OCC[N+](C)(C)C)C(=O)O. The lowest BCUT2D eigenvalue weighted by Crippen LogP contribution is -2.40. The first kappa shape index (κ1) is 67.0. The molecule has 406 valence electrons. The molecule has 0 bridgehead atoms. The number of likely N-dealkylation sites (N-methyl/N-ethyl adjacent to an activating group) is 1. The number of hydrogen-bond donors (Lipinski definition) is 1. The molecule has 0 aliphatic carbocycles. The maximum Gasteiger partial charge on any atom is 0.361 e. The summed E-state index contributed by atoms with van der Waals surface area (Å²) in [5.74, 6) is -2.00. The van der Waals surface area contributed by atoms with E-state index in [1.54, 1.807) is 0 Å². The highest BCUT2D eigenvalue weighted by atomic mass is 16.7. The van der Waals surface area contributed by atoms with Crippen LogP contribution in [-0.2, 0) is 33.3 Å². The van der Waals surface area contributed by atoms with E-state index < -0.39 is 24.3 Å². The van der Waals surface area contributed by atoms with Gasteiger partial charge in [0.25, 0.3) is 6.29 Å². The second-order valence-electron chi connectivity index (χ2n) is 20.6. The Morgan fingerprint density at radius 1 is 0.443 bits per heavy atom. The number of unbranched alkanes of at least 4 members (excludes halogenated alkanes) is 28. The maximum absolute atomic E-state index is 12.9. The van der Waals surface area contributed by atoms with Gasteiger partial charge in [0.15, 0.2) is 6.10 Å². The van der Waals surface area contributed by atoms with E-state index in [1.165, 1.54) is 154 Å². The molecule has 0 spiro atoms. The summed E-state index contributed by atoms with van der Waals surface area (Å²) in [6, 6.07) is 0. The Kier molecular flexibility index (Phi) is 50.1. The minimum atomic E-state index is -1.51. The number of rotatable bonds is 53. The summed E-state index contributed by atoms with van der Waals surface area (Å²) in [6.45, 7) is 4.79. The van der Waals surface area contributed by atoms with Crippen LogP contribution in [0.3, 0.4) is 0 Å². The highest BCUT2D eigenvalue weighted by Crippen LogP contribution is 2.17. The number of quaternary nitrogens is 1. The molecule has 0 aliphatic rings. The van der Waals surface area contributed by atoms with Crippen LogP contribution < -0.4 is 0 Å². The van der Waals surface area contributed by atoms with Crippen LogP contribution in [0.25, 0.3) is 0 Å². The van der Waals surface area contributed by atoms with Crippen LogP contribution >= 0.6 is 0 Å². The molecule has 0 aliphatic heterocycles. The Balaban J connectivity index is 4.19. The van der Waals surface area contributed by atoms with E-state index in [4.69, 9.17) is 18.9 Å². The number of carboxylic acid groups (broad SMARTS) is 1. The number of ether oxygens (including phenoxy) is 4. The zero-order chi connectivity index (χ0) is 51.3. The topological polar surface area (TPSA) is 108 Å². The number of aliphatic carboxylic acids is 1. The third kappa shape index (κ3) is 52.8. The van der Waals surface area contributed by atoms with Crippen LogP contribution in [-0.4, -0.2) is 87.4 Å². The third-order valence-electron chi connectivity index (χ3n) is 12.5. The van der Waals surface area contributed by atoms with Crippen molar-refractivity contribution in [1.29, 1.82) is 0 Å². The van der Waals surface area contributed by atoms with Gasteiger partial charge in [0.1, 0.15) is 13.2 Å². The summed E-state index contributed by atoms with van der Waals surface area (Å²) in [5.41, 5.74) is 0. The van der Waals surface area contributed by atoms with Crippen molar-refractivity contribution in [2.45, 2.75) is 264 Å². The smallest absolute Gasteiger partial charge is 0.361 e. The minimum absolute atomic E-state index is 0.180. The Morgan fingerprint density at radius 2 is 0.814 bits per heavy atom. The van der Waals surface area contributed by atoms with Crippen molar-refractivity contribution in [1.82, 2.24) is 0 Å². The predicted molar refractivity (Wildman–Crippen MR) is 295 cm³/mol. The van der Waals surface area contributed by atoms with E-state index in [-0.39, 0.29) is 32.2 Å². The van der Waals surface area contributed by atoms with Gasteiger partial charge in [-0.1, -0.05) is 242 Å². The number of nitrogens with zero attached hydrogens (tertiary/aromatic N) is 1. The van der Waals surface area contributed by atoms with Crippen LogP contribution in [0.2, 0.25) is 0 Å². The summed E-state index contributed by atoms with van der Waals surface area (Å²) in [6.07, 6.45) is 62.9. The fourth-order valence-electron chi connectivity index (χ4n) is 8.10. The molecule has 9 nitrogen and oxygen atoms in total. The monoisotopic (exact) mass is 985 g/mol. The number of esters is 2. The van der Waals surface area contributed by atoms with Gasteiger partial charge in [-0.2, -0.15) is 0 Å². The van der Waals surface area contributed by atoms with Gasteiger partial charge < -0.3 is 28.5 Å². The molecule has 0 heterocycles. The Hall–Kier alpha value is -3.01. The molecular weight excluding hydrogens is 875 g/mol. The summed E-state index contributed by atoms with van der Waals surface area (Å²) in [5, 5.41) is 9.70. The first-order chi connectivity index (χ1) is 34.1. The van der Waals surface area contributed by atoms with Gasteiger partial charge in [-0.25, -0.2) is 4.79 Å². The lowest BCUT2D eigenvalue weighted by molar-refractivity contribution is -0.870. The first-order valence-corrected chi connectivity index (χ1v) is 29.0. The normalized spacial score (nSPS) is 13.2. The molecule has 0 saturated heterocycles. The molecule has 0 radical (unpaired) electrons. The molecule has 0 rings (SSSR count). The van der Waals surface area contributed by atoms with E-state index >= 15 is 0 Å². The number of carbonyl (C=O) groups is 3. The minimum Gasteiger partial charge on any atom is -0.477 e. The molecule has 0 saturated carbocycles. The van der Waals surface area contributed by atoms with Crippen molar-refractivity contribution in [3.63, 3.8) is 0 Å². The van der Waals surface area contributed by atoms with Gasteiger partial charge in [0.2, 0.25) is 0 Å². The highest BCUT2D eigenvalue weighted by Gasteiger charge is 2.25. The van der Waals surface area contributed by atoms with Crippen molar-refractivity contribution < 1.29 is 42.9 Å². The molecule has 2 atom stereocenters. The second kappa shape index (κ2) is 52.3. The fourth-order valence-corrected chi connectivity index (χ4v) is 8.10. The number of carboxylic acids is 1. The Bertz CT molecular complexity index is 1330. The third-order valence-corrected chi connectivity index (χ3v) is 12.5. The quantitative estimate of drug-likeness (QED) is 0.0211. The summed E-state index contributed by atoms with van der Waals surface area (Å²) < 4.78 is 22.9. The highest BCUT2D eigenvalue weighted by molar-refractivity contribution is 5.71. The molecule has 1 N–H and O–H groups in total. The van der Waals surface area contributed by atoms with Crippen LogP contribution in [0.15, 0.2) is 60.8 Å². The molecule has 2 unspecified atom stereocenters. The average molecular weight is 986 g/mol. The summed E-state index contributed by atoms with van der Waals surface area (Å²) in [4.78, 5) is 37.4. The van der Waals surface area contributed by atoms with Crippen molar-refractivity contribution in [2.75, 3.05) is 47.5 Å². The van der Waals surface area contributed by atoms with Crippen molar-refractivity contribution in [3.05, 3.63) is 60.8 Å². The molecule has 70 heavy (non-hydrogen) atoms. The lowest BCUT2D eigenvalue weighted by atomic mass is 10.0. The predicted octanol–water partition coefficient (Wildman–Crippen LogP) is 16.8. The Labute approximate surface area is 431 Å². The largest absolute Gasteiger partial charge is 0.477 e. The van der Waals surface area contributed by atoms with Gasteiger partial charge in [-0.05, 0) is 57.8 Å². The van der Waals surface area contributed by atoms with Gasteiger partial charge in [-0.15, -0.1) is 0 Å². The molecule has 0 amide bonds. The van der Waals surface area contributed by atoms with E-state index in [0.29, 0.717) is 17.4 Å². The average Bonchev–Trinajstić information content (AvgIpc) is 3.33. The van der Waals surface area contributed by atoms with Crippen LogP contribution in [0.5, 0.6) is 0 Å². The lowest BCUT2D eigenvalue weighted by Gasteiger charge is -2.25. The zero-order valence-electron chi connectivity index (χ0n) is 46.2. The van der Waals surface area contributed by atoms with Crippen molar-refractivity contribution in [3.8, 4) is 0 Å². The van der Waals surface area contributed by atoms with E-state index in [1.807, 2.05) is 21.1 Å². The Morgan fingerprint density at radius 3 is 1.21 bits per heavy atom. The van der Waals surface area contributed by atoms with E-state index in [9.17, 15) is 19.5 Å². The van der Waals surface area contributed by atoms with Gasteiger partial charge >= 0.3 is 17.9 Å². The van der Waals surface area contributed by atoms with Crippen molar-refractivity contribution >= 4 is 17.9 Å². The van der Waals surface area contributed by atoms with Crippen molar-refractivity contribution in [2.24, 2.45) is 0 Å². The second-order valence-corrected chi connectivity index (χ2v) is 20.6. The number of allylic oxidation sites excluding steroid dienone is 10. The molecule has 0 fully saturated rings. The van der Waals surface area contributed by atoms with Crippen LogP contribution in [0.1, 0.15) is 251 Å². The zero-order valence-corrected chi connectivity index (χ0v) is 46.2. The maximum atomic E-state index is 12.9. The van der Waals surface area contributed by atoms with Gasteiger partial charge in [0, 0.05) is 12.8 Å². The van der Waals surface area contributed by atoms with Crippen LogP contribution in [0, 0.1) is 0 Å². The number of hydrogen-bond acceptors (Lipinski definition) is 7. The van der Waals surface area contributed by atoms with Gasteiger partial charge in [0.05, 0.1) is 34.4 Å².